The van der Waals surface area contributed by atoms with Crippen LogP contribution in [0.25, 0.3) is 0 Å². The largest absolute Gasteiger partial charge is 0.480 e. The summed E-state index contributed by atoms with van der Waals surface area (Å²) in [6, 6.07) is 2.72. The van der Waals surface area contributed by atoms with Crippen LogP contribution in [0.2, 0.25) is 0 Å². The number of hydrogen-bond donors (Lipinski definition) is 2. The number of amides is 1. The van der Waals surface area contributed by atoms with Crippen molar-refractivity contribution in [3.63, 3.8) is 0 Å². The van der Waals surface area contributed by atoms with Gasteiger partial charge in [0.05, 0.1) is 6.42 Å². The molecular formula is C12H16N2O3. The van der Waals surface area contributed by atoms with Gasteiger partial charge in [0.15, 0.2) is 0 Å². The molecule has 0 aliphatic rings. The maximum Gasteiger partial charge on any atom is 0.326 e. The number of hydrogen-bond acceptors (Lipinski definition) is 3. The Balaban J connectivity index is 2.51. The highest BCUT2D eigenvalue weighted by Crippen LogP contribution is 2.00. The molecule has 5 heteroatoms. The van der Waals surface area contributed by atoms with E-state index in [4.69, 9.17) is 5.11 Å². The summed E-state index contributed by atoms with van der Waals surface area (Å²) in [6.45, 7) is 1.88. The number of aromatic nitrogens is 1. The molecule has 2 N–H and O–H groups in total. The summed E-state index contributed by atoms with van der Waals surface area (Å²) in [5.74, 6) is -1.29. The van der Waals surface area contributed by atoms with E-state index >= 15 is 0 Å². The van der Waals surface area contributed by atoms with E-state index in [1.54, 1.807) is 24.5 Å². The minimum absolute atomic E-state index is 0.154. The van der Waals surface area contributed by atoms with Crippen LogP contribution < -0.4 is 5.32 Å². The highest BCUT2D eigenvalue weighted by atomic mass is 16.4. The van der Waals surface area contributed by atoms with Crippen molar-refractivity contribution in [2.45, 2.75) is 32.2 Å². The lowest BCUT2D eigenvalue weighted by Crippen LogP contribution is -2.41. The standard InChI is InChI=1S/C12H16N2O3/c1-2-4-10(12(16)17)14-11(15)7-9-5-3-6-13-8-9/h3,5-6,8,10H,2,4,7H2,1H3,(H,14,15)(H,16,17)/t10-/m1/s1. The molecule has 1 aromatic heterocycles. The second-order valence-corrected chi connectivity index (χ2v) is 3.79. The monoisotopic (exact) mass is 236 g/mol. The van der Waals surface area contributed by atoms with E-state index in [1.807, 2.05) is 6.92 Å². The van der Waals surface area contributed by atoms with Gasteiger partial charge in [-0.3, -0.25) is 9.78 Å². The molecule has 0 aliphatic heterocycles. The number of aliphatic carboxylic acids is 1. The third-order valence-electron chi connectivity index (χ3n) is 2.30. The first-order valence-electron chi connectivity index (χ1n) is 5.54. The Morgan fingerprint density at radius 2 is 2.29 bits per heavy atom. The molecule has 0 bridgehead atoms. The fraction of sp³-hybridized carbons (Fsp3) is 0.417. The second kappa shape index (κ2) is 6.62. The molecular weight excluding hydrogens is 220 g/mol. The van der Waals surface area contributed by atoms with Crippen LogP contribution in [0.5, 0.6) is 0 Å². The molecule has 0 saturated heterocycles. The van der Waals surface area contributed by atoms with E-state index in [2.05, 4.69) is 10.3 Å². The van der Waals surface area contributed by atoms with Crippen molar-refractivity contribution in [2.75, 3.05) is 0 Å². The number of rotatable bonds is 6. The molecule has 17 heavy (non-hydrogen) atoms. The van der Waals surface area contributed by atoms with Crippen LogP contribution in [0.15, 0.2) is 24.5 Å². The van der Waals surface area contributed by atoms with E-state index in [-0.39, 0.29) is 12.3 Å². The number of nitrogens with one attached hydrogen (secondary N) is 1. The average molecular weight is 236 g/mol. The summed E-state index contributed by atoms with van der Waals surface area (Å²) in [7, 11) is 0. The van der Waals surface area contributed by atoms with Gasteiger partial charge in [-0.25, -0.2) is 4.79 Å². The number of nitrogens with zero attached hydrogens (tertiary/aromatic N) is 1. The maximum absolute atomic E-state index is 11.6. The average Bonchev–Trinajstić information content (AvgIpc) is 2.29. The van der Waals surface area contributed by atoms with Crippen molar-refractivity contribution in [2.24, 2.45) is 0 Å². The van der Waals surface area contributed by atoms with Crippen molar-refractivity contribution in [1.29, 1.82) is 0 Å². The van der Waals surface area contributed by atoms with Crippen LogP contribution in [0.3, 0.4) is 0 Å². The van der Waals surface area contributed by atoms with E-state index in [1.165, 1.54) is 0 Å². The lowest BCUT2D eigenvalue weighted by atomic mass is 10.1. The molecule has 0 fully saturated rings. The summed E-state index contributed by atoms with van der Waals surface area (Å²) < 4.78 is 0. The molecule has 5 nitrogen and oxygen atoms in total. The first-order chi connectivity index (χ1) is 8.13. The second-order valence-electron chi connectivity index (χ2n) is 3.79. The number of carbonyl (C=O) groups excluding carboxylic acids is 1. The smallest absolute Gasteiger partial charge is 0.326 e. The van der Waals surface area contributed by atoms with Crippen LogP contribution in [-0.2, 0) is 16.0 Å². The predicted octanol–water partition coefficient (Wildman–Crippen LogP) is 0.994. The fourth-order valence-electron chi connectivity index (χ4n) is 1.48. The highest BCUT2D eigenvalue weighted by Gasteiger charge is 2.18. The number of pyridine rings is 1. The minimum Gasteiger partial charge on any atom is -0.480 e. The predicted molar refractivity (Wildman–Crippen MR) is 62.4 cm³/mol. The summed E-state index contributed by atoms with van der Waals surface area (Å²) >= 11 is 0. The molecule has 1 rings (SSSR count). The van der Waals surface area contributed by atoms with Gasteiger partial charge in [-0.1, -0.05) is 19.4 Å². The van der Waals surface area contributed by atoms with Crippen molar-refractivity contribution < 1.29 is 14.7 Å². The summed E-state index contributed by atoms with van der Waals surface area (Å²) in [5, 5.41) is 11.4. The molecule has 0 radical (unpaired) electrons. The Morgan fingerprint density at radius 3 is 2.82 bits per heavy atom. The third-order valence-corrected chi connectivity index (χ3v) is 2.30. The third kappa shape index (κ3) is 4.63. The van der Waals surface area contributed by atoms with Crippen molar-refractivity contribution in [1.82, 2.24) is 10.3 Å². The first kappa shape index (κ1) is 13.2. The van der Waals surface area contributed by atoms with Crippen molar-refractivity contribution in [3.05, 3.63) is 30.1 Å². The Bertz CT molecular complexity index is 379. The first-order valence-corrected chi connectivity index (χ1v) is 5.54. The van der Waals surface area contributed by atoms with Crippen LogP contribution in [0.4, 0.5) is 0 Å². The SMILES string of the molecule is CCC[C@@H](NC(=O)Cc1cccnc1)C(=O)O. The Morgan fingerprint density at radius 1 is 1.53 bits per heavy atom. The maximum atomic E-state index is 11.6. The molecule has 0 unspecified atom stereocenters. The van der Waals surface area contributed by atoms with Crippen molar-refractivity contribution in [3.8, 4) is 0 Å². The summed E-state index contributed by atoms with van der Waals surface area (Å²) in [4.78, 5) is 26.3. The van der Waals surface area contributed by atoms with Gasteiger partial charge in [0.2, 0.25) is 5.91 Å². The molecule has 1 aromatic rings. The van der Waals surface area contributed by atoms with Gasteiger partial charge in [0, 0.05) is 12.4 Å². The molecule has 0 aromatic carbocycles. The Kier molecular flexibility index (Phi) is 5.13. The number of carboxylic acids is 1. The van der Waals surface area contributed by atoms with Gasteiger partial charge in [-0.2, -0.15) is 0 Å². The van der Waals surface area contributed by atoms with E-state index in [0.717, 1.165) is 5.56 Å². The molecule has 0 spiro atoms. The molecule has 1 amide bonds. The molecule has 1 atom stereocenters. The normalized spacial score (nSPS) is 11.8. The number of carboxylic acid groups (broad SMARTS) is 1. The molecule has 92 valence electrons. The van der Waals surface area contributed by atoms with Gasteiger partial charge in [0.25, 0.3) is 0 Å². The minimum atomic E-state index is -0.994. The zero-order valence-corrected chi connectivity index (χ0v) is 9.72. The van der Waals surface area contributed by atoms with Crippen LogP contribution >= 0.6 is 0 Å². The summed E-state index contributed by atoms with van der Waals surface area (Å²) in [6.07, 6.45) is 4.52. The number of carbonyl (C=O) groups is 2. The lowest BCUT2D eigenvalue weighted by molar-refractivity contribution is -0.141. The van der Waals surface area contributed by atoms with Gasteiger partial charge in [-0.15, -0.1) is 0 Å². The van der Waals surface area contributed by atoms with E-state index in [9.17, 15) is 9.59 Å². The zero-order valence-electron chi connectivity index (χ0n) is 9.72. The van der Waals surface area contributed by atoms with Gasteiger partial charge >= 0.3 is 5.97 Å². The van der Waals surface area contributed by atoms with Crippen LogP contribution in [-0.4, -0.2) is 28.0 Å². The molecule has 0 saturated carbocycles. The van der Waals surface area contributed by atoms with Gasteiger partial charge in [0.1, 0.15) is 6.04 Å². The fourth-order valence-corrected chi connectivity index (χ4v) is 1.48. The zero-order chi connectivity index (χ0) is 12.7. The topological polar surface area (TPSA) is 79.3 Å². The van der Waals surface area contributed by atoms with Crippen LogP contribution in [0, 0.1) is 0 Å². The van der Waals surface area contributed by atoms with Gasteiger partial charge < -0.3 is 10.4 Å². The van der Waals surface area contributed by atoms with Gasteiger partial charge in [-0.05, 0) is 18.1 Å². The van der Waals surface area contributed by atoms with Crippen LogP contribution in [0.1, 0.15) is 25.3 Å². The summed E-state index contributed by atoms with van der Waals surface area (Å²) in [5.41, 5.74) is 0.769. The Hall–Kier alpha value is -1.91. The molecule has 0 aliphatic carbocycles. The van der Waals surface area contributed by atoms with E-state index < -0.39 is 12.0 Å². The lowest BCUT2D eigenvalue weighted by Gasteiger charge is -2.13. The highest BCUT2D eigenvalue weighted by molar-refractivity contribution is 5.84. The molecule has 1 heterocycles. The quantitative estimate of drug-likeness (QED) is 0.772. The van der Waals surface area contributed by atoms with E-state index in [0.29, 0.717) is 12.8 Å². The Labute approximate surface area is 99.9 Å². The van der Waals surface area contributed by atoms with Crippen molar-refractivity contribution >= 4 is 11.9 Å².